The Morgan fingerprint density at radius 3 is 2.94 bits per heavy atom. The van der Waals surface area contributed by atoms with Crippen LogP contribution in [0.25, 0.3) is 0 Å². The van der Waals surface area contributed by atoms with Crippen molar-refractivity contribution in [1.82, 2.24) is 9.78 Å². The van der Waals surface area contributed by atoms with Crippen LogP contribution in [0, 0.1) is 5.82 Å². The number of benzene rings is 1. The standard InChI is InChI=1S/C12H13BrFN3O/c13-10-3-1-4-11(14)12(10)15-7-9(18)8-17-6-2-5-16-17/h1-6,9,15,18H,7-8H2. The molecular weight excluding hydrogens is 301 g/mol. The minimum atomic E-state index is -0.642. The first-order valence-corrected chi connectivity index (χ1v) is 6.29. The zero-order valence-corrected chi connectivity index (χ0v) is 11.1. The summed E-state index contributed by atoms with van der Waals surface area (Å²) in [7, 11) is 0. The maximum atomic E-state index is 13.5. The summed E-state index contributed by atoms with van der Waals surface area (Å²) in [6.45, 7) is 0.617. The van der Waals surface area contributed by atoms with E-state index in [0.29, 0.717) is 16.7 Å². The summed E-state index contributed by atoms with van der Waals surface area (Å²) in [6, 6.07) is 6.51. The summed E-state index contributed by atoms with van der Waals surface area (Å²) in [6.07, 6.45) is 2.77. The molecule has 1 heterocycles. The summed E-state index contributed by atoms with van der Waals surface area (Å²) in [5.41, 5.74) is 0.358. The number of anilines is 1. The van der Waals surface area contributed by atoms with Gasteiger partial charge in [-0.15, -0.1) is 0 Å². The second-order valence-electron chi connectivity index (χ2n) is 3.86. The third-order valence-electron chi connectivity index (χ3n) is 2.43. The molecule has 1 unspecified atom stereocenters. The lowest BCUT2D eigenvalue weighted by Gasteiger charge is -2.14. The molecule has 2 aromatic rings. The van der Waals surface area contributed by atoms with Gasteiger partial charge in [-0.3, -0.25) is 4.68 Å². The highest BCUT2D eigenvalue weighted by Crippen LogP contribution is 2.24. The van der Waals surface area contributed by atoms with Crippen LogP contribution in [0.2, 0.25) is 0 Å². The topological polar surface area (TPSA) is 50.1 Å². The van der Waals surface area contributed by atoms with Crippen LogP contribution in [-0.4, -0.2) is 27.5 Å². The third-order valence-corrected chi connectivity index (χ3v) is 3.10. The van der Waals surface area contributed by atoms with Gasteiger partial charge >= 0.3 is 0 Å². The van der Waals surface area contributed by atoms with E-state index in [1.54, 1.807) is 35.3 Å². The predicted octanol–water partition coefficient (Wildman–Crippen LogP) is 2.26. The normalized spacial score (nSPS) is 12.4. The lowest BCUT2D eigenvalue weighted by atomic mass is 10.3. The van der Waals surface area contributed by atoms with Crippen LogP contribution in [0.15, 0.2) is 41.1 Å². The predicted molar refractivity (Wildman–Crippen MR) is 70.8 cm³/mol. The van der Waals surface area contributed by atoms with Crippen molar-refractivity contribution in [2.24, 2.45) is 0 Å². The Morgan fingerprint density at radius 2 is 2.28 bits per heavy atom. The number of aliphatic hydroxyl groups excluding tert-OH is 1. The summed E-state index contributed by atoms with van der Waals surface area (Å²) < 4.78 is 15.7. The van der Waals surface area contributed by atoms with Gasteiger partial charge in [-0.25, -0.2) is 4.39 Å². The van der Waals surface area contributed by atoms with Crippen molar-refractivity contribution in [3.05, 3.63) is 46.9 Å². The number of hydrogen-bond donors (Lipinski definition) is 2. The first-order chi connectivity index (χ1) is 8.66. The fourth-order valence-electron chi connectivity index (χ4n) is 1.58. The second-order valence-corrected chi connectivity index (χ2v) is 4.71. The Balaban J connectivity index is 1.91. The van der Waals surface area contributed by atoms with E-state index in [2.05, 4.69) is 26.3 Å². The van der Waals surface area contributed by atoms with Gasteiger partial charge in [0.25, 0.3) is 0 Å². The highest BCUT2D eigenvalue weighted by Gasteiger charge is 2.09. The van der Waals surface area contributed by atoms with Crippen LogP contribution in [-0.2, 0) is 6.54 Å². The molecule has 6 heteroatoms. The number of hydrogen-bond acceptors (Lipinski definition) is 3. The molecule has 96 valence electrons. The first-order valence-electron chi connectivity index (χ1n) is 5.50. The molecular formula is C12H13BrFN3O. The Bertz CT molecular complexity index is 484. The Morgan fingerprint density at radius 1 is 1.44 bits per heavy atom. The molecule has 0 saturated carbocycles. The number of aromatic nitrogens is 2. The van der Waals surface area contributed by atoms with Gasteiger partial charge in [0.05, 0.1) is 18.3 Å². The summed E-state index contributed by atoms with van der Waals surface area (Å²) >= 11 is 3.26. The molecule has 1 aromatic carbocycles. The lowest BCUT2D eigenvalue weighted by Crippen LogP contribution is -2.25. The molecule has 2 rings (SSSR count). The number of nitrogens with zero attached hydrogens (tertiary/aromatic N) is 2. The van der Waals surface area contributed by atoms with Crippen molar-refractivity contribution >= 4 is 21.6 Å². The number of para-hydroxylation sites is 1. The number of rotatable bonds is 5. The van der Waals surface area contributed by atoms with E-state index in [9.17, 15) is 9.50 Å². The van der Waals surface area contributed by atoms with Crippen LogP contribution in [0.1, 0.15) is 0 Å². The minimum Gasteiger partial charge on any atom is -0.389 e. The minimum absolute atomic E-state index is 0.249. The molecule has 0 aliphatic heterocycles. The highest BCUT2D eigenvalue weighted by molar-refractivity contribution is 9.10. The zero-order valence-electron chi connectivity index (χ0n) is 9.55. The monoisotopic (exact) mass is 313 g/mol. The Labute approximate surface area is 113 Å². The van der Waals surface area contributed by atoms with Gasteiger partial charge in [-0.2, -0.15) is 5.10 Å². The van der Waals surface area contributed by atoms with Crippen molar-refractivity contribution in [3.8, 4) is 0 Å². The molecule has 0 saturated heterocycles. The molecule has 18 heavy (non-hydrogen) atoms. The fraction of sp³-hybridized carbons (Fsp3) is 0.250. The Kier molecular flexibility index (Phi) is 4.33. The molecule has 4 nitrogen and oxygen atoms in total. The number of nitrogens with one attached hydrogen (secondary N) is 1. The lowest BCUT2D eigenvalue weighted by molar-refractivity contribution is 0.161. The van der Waals surface area contributed by atoms with Crippen molar-refractivity contribution in [1.29, 1.82) is 0 Å². The average Bonchev–Trinajstić information content (AvgIpc) is 2.81. The van der Waals surface area contributed by atoms with Crippen LogP contribution in [0.3, 0.4) is 0 Å². The van der Waals surface area contributed by atoms with E-state index in [-0.39, 0.29) is 12.4 Å². The molecule has 0 fully saturated rings. The van der Waals surface area contributed by atoms with Crippen molar-refractivity contribution < 1.29 is 9.50 Å². The molecule has 2 N–H and O–H groups in total. The first kappa shape index (κ1) is 13.0. The van der Waals surface area contributed by atoms with Gasteiger partial charge in [0.15, 0.2) is 0 Å². The molecule has 0 spiro atoms. The molecule has 0 bridgehead atoms. The molecule has 1 atom stereocenters. The maximum Gasteiger partial charge on any atom is 0.147 e. The molecule has 0 radical (unpaired) electrons. The quantitative estimate of drug-likeness (QED) is 0.890. The fourth-order valence-corrected chi connectivity index (χ4v) is 2.06. The van der Waals surface area contributed by atoms with E-state index in [0.717, 1.165) is 0 Å². The zero-order chi connectivity index (χ0) is 13.0. The Hall–Kier alpha value is -1.40. The van der Waals surface area contributed by atoms with E-state index >= 15 is 0 Å². The molecule has 0 aliphatic rings. The van der Waals surface area contributed by atoms with Crippen LogP contribution in [0.5, 0.6) is 0 Å². The van der Waals surface area contributed by atoms with Gasteiger partial charge in [-0.1, -0.05) is 6.07 Å². The van der Waals surface area contributed by atoms with Crippen molar-refractivity contribution in [3.63, 3.8) is 0 Å². The number of halogens is 2. The van der Waals surface area contributed by atoms with Gasteiger partial charge < -0.3 is 10.4 Å². The number of aliphatic hydroxyl groups is 1. The van der Waals surface area contributed by atoms with Crippen LogP contribution < -0.4 is 5.32 Å². The summed E-state index contributed by atoms with van der Waals surface area (Å²) in [5, 5.41) is 16.7. The van der Waals surface area contributed by atoms with Gasteiger partial charge in [0.1, 0.15) is 5.82 Å². The SMILES string of the molecule is OC(CNc1c(F)cccc1Br)Cn1cccn1. The largest absolute Gasteiger partial charge is 0.389 e. The smallest absolute Gasteiger partial charge is 0.147 e. The van der Waals surface area contributed by atoms with Gasteiger partial charge in [0.2, 0.25) is 0 Å². The molecule has 0 aliphatic carbocycles. The molecule has 1 aromatic heterocycles. The van der Waals surface area contributed by atoms with Crippen LogP contribution in [0.4, 0.5) is 10.1 Å². The highest BCUT2D eigenvalue weighted by atomic mass is 79.9. The third kappa shape index (κ3) is 3.30. The van der Waals surface area contributed by atoms with Gasteiger partial charge in [0, 0.05) is 23.4 Å². The van der Waals surface area contributed by atoms with E-state index in [4.69, 9.17) is 0 Å². The summed E-state index contributed by atoms with van der Waals surface area (Å²) in [5.74, 6) is -0.351. The van der Waals surface area contributed by atoms with E-state index in [1.165, 1.54) is 6.07 Å². The van der Waals surface area contributed by atoms with E-state index < -0.39 is 6.10 Å². The second kappa shape index (κ2) is 5.97. The van der Waals surface area contributed by atoms with E-state index in [1.807, 2.05) is 0 Å². The van der Waals surface area contributed by atoms with Gasteiger partial charge in [-0.05, 0) is 34.1 Å². The summed E-state index contributed by atoms with van der Waals surface area (Å²) in [4.78, 5) is 0. The average molecular weight is 314 g/mol. The van der Waals surface area contributed by atoms with Crippen LogP contribution >= 0.6 is 15.9 Å². The maximum absolute atomic E-state index is 13.5. The molecule has 0 amide bonds. The van der Waals surface area contributed by atoms with Crippen molar-refractivity contribution in [2.45, 2.75) is 12.6 Å². The van der Waals surface area contributed by atoms with Crippen molar-refractivity contribution in [2.75, 3.05) is 11.9 Å².